The molecule has 4 heteroatoms. The van der Waals surface area contributed by atoms with Crippen LogP contribution < -0.4 is 5.73 Å². The zero-order valence-electron chi connectivity index (χ0n) is 12.2. The van der Waals surface area contributed by atoms with Crippen LogP contribution in [0.15, 0.2) is 0 Å². The fourth-order valence-electron chi connectivity index (χ4n) is 2.04. The highest BCUT2D eigenvalue weighted by Gasteiger charge is 2.09. The second-order valence-corrected chi connectivity index (χ2v) is 7.67. The maximum absolute atomic E-state index is 11.3. The Labute approximate surface area is 113 Å². The maximum atomic E-state index is 11.3. The molecule has 0 heterocycles. The van der Waals surface area contributed by atoms with E-state index < -0.39 is 9.84 Å². The Morgan fingerprint density at radius 2 is 1.44 bits per heavy atom. The minimum Gasteiger partial charge on any atom is -0.328 e. The number of hydrogen-bond donors (Lipinski definition) is 1. The lowest BCUT2D eigenvalue weighted by Crippen LogP contribution is -2.21. The lowest BCUT2D eigenvalue weighted by atomic mass is 10.0. The Morgan fingerprint density at radius 1 is 0.889 bits per heavy atom. The Balaban J connectivity index is 3.40. The van der Waals surface area contributed by atoms with Gasteiger partial charge in [-0.2, -0.15) is 0 Å². The third-order valence-electron chi connectivity index (χ3n) is 3.40. The Bertz CT molecular complexity index is 276. The predicted octanol–water partition coefficient (Wildman–Crippen LogP) is 3.28. The lowest BCUT2D eigenvalue weighted by Gasteiger charge is -2.11. The Kier molecular flexibility index (Phi) is 10.7. The smallest absolute Gasteiger partial charge is 0.150 e. The molecule has 1 unspecified atom stereocenters. The fraction of sp³-hybridized carbons (Fsp3) is 1.00. The quantitative estimate of drug-likeness (QED) is 0.557. The summed E-state index contributed by atoms with van der Waals surface area (Å²) >= 11 is 0. The molecule has 0 amide bonds. The van der Waals surface area contributed by atoms with Crippen molar-refractivity contribution in [3.8, 4) is 0 Å². The van der Waals surface area contributed by atoms with Crippen LogP contribution in [0.5, 0.6) is 0 Å². The van der Waals surface area contributed by atoms with Crippen LogP contribution in [0.4, 0.5) is 0 Å². The highest BCUT2D eigenvalue weighted by molar-refractivity contribution is 7.91. The zero-order valence-corrected chi connectivity index (χ0v) is 13.0. The SMILES string of the molecule is CCCCCCCCC(N)CCCS(=O)(=O)CC. The molecule has 3 nitrogen and oxygen atoms in total. The van der Waals surface area contributed by atoms with Gasteiger partial charge in [0.2, 0.25) is 0 Å². The number of unbranched alkanes of at least 4 members (excludes halogenated alkanes) is 5. The largest absolute Gasteiger partial charge is 0.328 e. The second kappa shape index (κ2) is 10.8. The van der Waals surface area contributed by atoms with Gasteiger partial charge >= 0.3 is 0 Å². The molecule has 0 aliphatic heterocycles. The van der Waals surface area contributed by atoms with Crippen molar-refractivity contribution in [3.05, 3.63) is 0 Å². The van der Waals surface area contributed by atoms with Crippen LogP contribution in [0, 0.1) is 0 Å². The van der Waals surface area contributed by atoms with Crippen molar-refractivity contribution in [2.75, 3.05) is 11.5 Å². The summed E-state index contributed by atoms with van der Waals surface area (Å²) in [4.78, 5) is 0. The number of sulfone groups is 1. The normalized spacial score (nSPS) is 13.7. The third-order valence-corrected chi connectivity index (χ3v) is 5.19. The molecule has 1 atom stereocenters. The summed E-state index contributed by atoms with van der Waals surface area (Å²) in [5.74, 6) is 0.549. The topological polar surface area (TPSA) is 60.2 Å². The molecule has 0 aliphatic rings. The monoisotopic (exact) mass is 277 g/mol. The molecule has 0 aliphatic carbocycles. The molecule has 0 fully saturated rings. The van der Waals surface area contributed by atoms with E-state index in [9.17, 15) is 8.42 Å². The van der Waals surface area contributed by atoms with Crippen molar-refractivity contribution in [1.82, 2.24) is 0 Å². The molecule has 110 valence electrons. The van der Waals surface area contributed by atoms with E-state index >= 15 is 0 Å². The minimum absolute atomic E-state index is 0.184. The zero-order chi connectivity index (χ0) is 13.9. The molecule has 0 saturated carbocycles. The van der Waals surface area contributed by atoms with Gasteiger partial charge in [-0.3, -0.25) is 0 Å². The predicted molar refractivity (Wildman–Crippen MR) is 79.5 cm³/mol. The van der Waals surface area contributed by atoms with Crippen LogP contribution in [0.2, 0.25) is 0 Å². The number of rotatable bonds is 12. The van der Waals surface area contributed by atoms with E-state index in [0.29, 0.717) is 12.2 Å². The minimum atomic E-state index is -2.81. The third kappa shape index (κ3) is 11.0. The molecular weight excluding hydrogens is 246 g/mol. The first-order valence-corrected chi connectivity index (χ1v) is 9.30. The molecule has 0 aromatic heterocycles. The van der Waals surface area contributed by atoms with Gasteiger partial charge in [-0.1, -0.05) is 52.4 Å². The standard InChI is InChI=1S/C14H31NO2S/c1-3-5-6-7-8-9-11-14(15)12-10-13-18(16,17)4-2/h14H,3-13,15H2,1-2H3. The first-order valence-electron chi connectivity index (χ1n) is 7.47. The summed E-state index contributed by atoms with van der Waals surface area (Å²) in [6.07, 6.45) is 10.3. The molecule has 0 radical (unpaired) electrons. The second-order valence-electron chi connectivity index (χ2n) is 5.20. The first-order chi connectivity index (χ1) is 8.52. The van der Waals surface area contributed by atoms with Gasteiger partial charge in [0.05, 0.1) is 5.75 Å². The van der Waals surface area contributed by atoms with E-state index in [2.05, 4.69) is 6.92 Å². The summed E-state index contributed by atoms with van der Waals surface area (Å²) < 4.78 is 22.6. The lowest BCUT2D eigenvalue weighted by molar-refractivity contribution is 0.507. The molecule has 0 bridgehead atoms. The summed E-state index contributed by atoms with van der Waals surface area (Å²) in [5, 5.41) is 0. The fourth-order valence-corrected chi connectivity index (χ4v) is 2.94. The van der Waals surface area contributed by atoms with Crippen LogP contribution in [-0.2, 0) is 9.84 Å². The number of hydrogen-bond acceptors (Lipinski definition) is 3. The van der Waals surface area contributed by atoms with E-state index in [1.54, 1.807) is 6.92 Å². The van der Waals surface area contributed by atoms with E-state index in [1.165, 1.54) is 38.5 Å². The molecular formula is C14H31NO2S. The van der Waals surface area contributed by atoms with Gasteiger partial charge in [-0.05, 0) is 19.3 Å². The van der Waals surface area contributed by atoms with Gasteiger partial charge in [0.25, 0.3) is 0 Å². The van der Waals surface area contributed by atoms with Crippen LogP contribution in [0.1, 0.15) is 71.6 Å². The highest BCUT2D eigenvalue weighted by atomic mass is 32.2. The van der Waals surface area contributed by atoms with Crippen molar-refractivity contribution >= 4 is 9.84 Å². The summed E-state index contributed by atoms with van der Waals surface area (Å²) in [6, 6.07) is 0.184. The van der Waals surface area contributed by atoms with Crippen LogP contribution in [0.25, 0.3) is 0 Å². The van der Waals surface area contributed by atoms with Crippen molar-refractivity contribution in [3.63, 3.8) is 0 Å². The van der Waals surface area contributed by atoms with E-state index in [4.69, 9.17) is 5.73 Å². The van der Waals surface area contributed by atoms with Gasteiger partial charge in [0.15, 0.2) is 0 Å². The van der Waals surface area contributed by atoms with Gasteiger partial charge in [0.1, 0.15) is 9.84 Å². The summed E-state index contributed by atoms with van der Waals surface area (Å²) in [5.41, 5.74) is 5.99. The van der Waals surface area contributed by atoms with Gasteiger partial charge in [-0.25, -0.2) is 8.42 Å². The van der Waals surface area contributed by atoms with Crippen molar-refractivity contribution in [2.45, 2.75) is 77.7 Å². The molecule has 0 saturated heterocycles. The molecule has 0 aromatic carbocycles. The van der Waals surface area contributed by atoms with Crippen molar-refractivity contribution in [1.29, 1.82) is 0 Å². The average Bonchev–Trinajstić information content (AvgIpc) is 2.33. The molecule has 0 rings (SSSR count). The van der Waals surface area contributed by atoms with Crippen molar-refractivity contribution in [2.24, 2.45) is 5.73 Å². The Hall–Kier alpha value is -0.0900. The van der Waals surface area contributed by atoms with E-state index in [1.807, 2.05) is 0 Å². The van der Waals surface area contributed by atoms with Gasteiger partial charge in [-0.15, -0.1) is 0 Å². The molecule has 18 heavy (non-hydrogen) atoms. The number of nitrogens with two attached hydrogens (primary N) is 1. The summed E-state index contributed by atoms with van der Waals surface area (Å²) in [6.45, 7) is 3.92. The molecule has 0 spiro atoms. The van der Waals surface area contributed by atoms with E-state index in [-0.39, 0.29) is 11.8 Å². The van der Waals surface area contributed by atoms with E-state index in [0.717, 1.165) is 12.8 Å². The van der Waals surface area contributed by atoms with Gasteiger partial charge < -0.3 is 5.73 Å². The average molecular weight is 277 g/mol. The maximum Gasteiger partial charge on any atom is 0.150 e. The Morgan fingerprint density at radius 3 is 2.06 bits per heavy atom. The molecule has 0 aromatic rings. The molecule has 2 N–H and O–H groups in total. The van der Waals surface area contributed by atoms with Crippen LogP contribution in [0.3, 0.4) is 0 Å². The van der Waals surface area contributed by atoms with Crippen molar-refractivity contribution < 1.29 is 8.42 Å². The van der Waals surface area contributed by atoms with Crippen LogP contribution >= 0.6 is 0 Å². The van der Waals surface area contributed by atoms with Crippen LogP contribution in [-0.4, -0.2) is 26.0 Å². The van der Waals surface area contributed by atoms with Gasteiger partial charge in [0, 0.05) is 11.8 Å². The summed E-state index contributed by atoms with van der Waals surface area (Å²) in [7, 11) is -2.81. The first kappa shape index (κ1) is 17.9. The highest BCUT2D eigenvalue weighted by Crippen LogP contribution is 2.10.